The van der Waals surface area contributed by atoms with Gasteiger partial charge in [-0.05, 0) is 38.6 Å². The molecule has 1 saturated carbocycles. The monoisotopic (exact) mass is 274 g/mol. The van der Waals surface area contributed by atoms with Gasteiger partial charge in [0, 0.05) is 18.1 Å². The third-order valence-electron chi connectivity index (χ3n) is 4.83. The minimum atomic E-state index is -2.81. The molecule has 1 saturated heterocycles. The predicted molar refractivity (Wildman–Crippen MR) is 74.2 cm³/mol. The molecule has 18 heavy (non-hydrogen) atoms. The summed E-state index contributed by atoms with van der Waals surface area (Å²) in [6.45, 7) is 2.84. The van der Waals surface area contributed by atoms with Gasteiger partial charge in [-0.15, -0.1) is 0 Å². The average Bonchev–Trinajstić information content (AvgIpc) is 3.10. The molecule has 0 radical (unpaired) electrons. The summed E-state index contributed by atoms with van der Waals surface area (Å²) in [6.07, 6.45) is 5.47. The molecule has 5 heteroatoms. The van der Waals surface area contributed by atoms with Crippen molar-refractivity contribution in [1.82, 2.24) is 4.90 Å². The van der Waals surface area contributed by atoms with E-state index in [1.54, 1.807) is 0 Å². The first kappa shape index (κ1) is 14.3. The van der Waals surface area contributed by atoms with Crippen molar-refractivity contribution in [1.29, 1.82) is 0 Å². The van der Waals surface area contributed by atoms with Crippen molar-refractivity contribution >= 4 is 9.84 Å². The quantitative estimate of drug-likeness (QED) is 0.785. The normalized spacial score (nSPS) is 30.6. The summed E-state index contributed by atoms with van der Waals surface area (Å²) in [7, 11) is -0.722. The van der Waals surface area contributed by atoms with Crippen molar-refractivity contribution in [3.8, 4) is 0 Å². The van der Waals surface area contributed by atoms with Gasteiger partial charge in [-0.25, -0.2) is 8.42 Å². The van der Waals surface area contributed by atoms with E-state index >= 15 is 0 Å². The summed E-state index contributed by atoms with van der Waals surface area (Å²) < 4.78 is 23.3. The fourth-order valence-electron chi connectivity index (χ4n) is 3.58. The van der Waals surface area contributed by atoms with E-state index in [9.17, 15) is 8.42 Å². The van der Waals surface area contributed by atoms with Crippen molar-refractivity contribution in [2.75, 3.05) is 25.1 Å². The maximum Gasteiger partial charge on any atom is 0.151 e. The molecule has 2 aliphatic rings. The van der Waals surface area contributed by atoms with Gasteiger partial charge in [-0.3, -0.25) is 4.90 Å². The van der Waals surface area contributed by atoms with Crippen LogP contribution in [0.3, 0.4) is 0 Å². The Hall–Kier alpha value is -0.130. The number of rotatable bonds is 6. The molecule has 2 rings (SSSR count). The summed E-state index contributed by atoms with van der Waals surface area (Å²) in [5.41, 5.74) is 6.12. The molecule has 2 N–H and O–H groups in total. The van der Waals surface area contributed by atoms with E-state index in [1.165, 1.54) is 12.8 Å². The first-order valence-corrected chi connectivity index (χ1v) is 8.91. The molecule has 0 aromatic rings. The van der Waals surface area contributed by atoms with E-state index in [1.807, 2.05) is 0 Å². The molecule has 0 bridgehead atoms. The highest BCUT2D eigenvalue weighted by atomic mass is 32.2. The Morgan fingerprint density at radius 2 is 2.00 bits per heavy atom. The van der Waals surface area contributed by atoms with E-state index in [0.29, 0.717) is 24.0 Å². The average molecular weight is 274 g/mol. The van der Waals surface area contributed by atoms with Crippen molar-refractivity contribution in [3.05, 3.63) is 0 Å². The Labute approximate surface area is 111 Å². The van der Waals surface area contributed by atoms with Crippen LogP contribution >= 0.6 is 0 Å². The van der Waals surface area contributed by atoms with Crippen LogP contribution in [-0.4, -0.2) is 50.0 Å². The number of nitrogens with zero attached hydrogens (tertiary/aromatic N) is 1. The number of hydrogen-bond donors (Lipinski definition) is 1. The van der Waals surface area contributed by atoms with Gasteiger partial charge in [-0.2, -0.15) is 0 Å². The topological polar surface area (TPSA) is 63.4 Å². The van der Waals surface area contributed by atoms with Gasteiger partial charge in [-0.1, -0.05) is 13.3 Å². The van der Waals surface area contributed by atoms with Gasteiger partial charge in [0.15, 0.2) is 9.84 Å². The number of nitrogens with two attached hydrogens (primary N) is 1. The zero-order chi connectivity index (χ0) is 13.4. The number of likely N-dealkylation sites (N-methyl/N-ethyl adjacent to an activating group) is 1. The highest BCUT2D eigenvalue weighted by Gasteiger charge is 2.49. The molecule has 4 nitrogen and oxygen atoms in total. The maximum absolute atomic E-state index is 11.6. The second-order valence-corrected chi connectivity index (χ2v) is 8.23. The molecule has 2 atom stereocenters. The zero-order valence-corrected chi connectivity index (χ0v) is 12.4. The lowest BCUT2D eigenvalue weighted by Gasteiger charge is -2.45. The second-order valence-electron chi connectivity index (χ2n) is 6.00. The Bertz CT molecular complexity index is 392. The Morgan fingerprint density at radius 1 is 1.33 bits per heavy atom. The Balaban J connectivity index is 2.15. The molecule has 0 spiro atoms. The van der Waals surface area contributed by atoms with Crippen molar-refractivity contribution in [2.45, 2.75) is 50.6 Å². The lowest BCUT2D eigenvalue weighted by atomic mass is 9.85. The van der Waals surface area contributed by atoms with Crippen LogP contribution in [-0.2, 0) is 9.84 Å². The first-order chi connectivity index (χ1) is 8.45. The number of hydrogen-bond acceptors (Lipinski definition) is 4. The molecule has 1 heterocycles. The van der Waals surface area contributed by atoms with E-state index in [4.69, 9.17) is 5.73 Å². The van der Waals surface area contributed by atoms with Gasteiger partial charge in [0.05, 0.1) is 11.5 Å². The minimum Gasteiger partial charge on any atom is -0.329 e. The third kappa shape index (κ3) is 2.58. The van der Waals surface area contributed by atoms with E-state index < -0.39 is 9.84 Å². The van der Waals surface area contributed by atoms with E-state index in [-0.39, 0.29) is 11.6 Å². The molecule has 2 unspecified atom stereocenters. The van der Waals surface area contributed by atoms with Crippen LogP contribution in [0.4, 0.5) is 0 Å². The molecule has 0 amide bonds. The van der Waals surface area contributed by atoms with Crippen LogP contribution in [0.1, 0.15) is 39.0 Å². The van der Waals surface area contributed by atoms with Gasteiger partial charge < -0.3 is 5.73 Å². The SMILES string of the molecule is CCCC(CN)(C1CC1)N(C)C1CCS(=O)(=O)C1. The first-order valence-electron chi connectivity index (χ1n) is 7.08. The third-order valence-corrected chi connectivity index (χ3v) is 6.58. The summed E-state index contributed by atoms with van der Waals surface area (Å²) >= 11 is 0. The zero-order valence-electron chi connectivity index (χ0n) is 11.6. The molecular weight excluding hydrogens is 248 g/mol. The van der Waals surface area contributed by atoms with Crippen LogP contribution in [0, 0.1) is 5.92 Å². The van der Waals surface area contributed by atoms with Crippen molar-refractivity contribution < 1.29 is 8.42 Å². The molecular formula is C13H26N2O2S. The minimum absolute atomic E-state index is 0.0409. The molecule has 2 fully saturated rings. The van der Waals surface area contributed by atoms with Gasteiger partial charge >= 0.3 is 0 Å². The molecule has 1 aliphatic heterocycles. The largest absolute Gasteiger partial charge is 0.329 e. The summed E-state index contributed by atoms with van der Waals surface area (Å²) in [5.74, 6) is 1.34. The fraction of sp³-hybridized carbons (Fsp3) is 1.00. The van der Waals surface area contributed by atoms with Crippen molar-refractivity contribution in [2.24, 2.45) is 11.7 Å². The predicted octanol–water partition coefficient (Wildman–Crippen LogP) is 1.01. The van der Waals surface area contributed by atoms with Crippen LogP contribution in [0.2, 0.25) is 0 Å². The van der Waals surface area contributed by atoms with E-state index in [0.717, 1.165) is 19.3 Å². The molecule has 0 aromatic heterocycles. The standard InChI is InChI=1S/C13H26N2O2S/c1-3-7-13(10-14,11-4-5-11)15(2)12-6-8-18(16,17)9-12/h11-12H,3-10,14H2,1-2H3. The van der Waals surface area contributed by atoms with Gasteiger partial charge in [0.1, 0.15) is 0 Å². The smallest absolute Gasteiger partial charge is 0.151 e. The fourth-order valence-corrected chi connectivity index (χ4v) is 5.35. The Kier molecular flexibility index (Phi) is 4.04. The van der Waals surface area contributed by atoms with Crippen LogP contribution in [0.25, 0.3) is 0 Å². The number of sulfone groups is 1. The van der Waals surface area contributed by atoms with Crippen LogP contribution in [0.5, 0.6) is 0 Å². The molecule has 0 aromatic carbocycles. The summed E-state index contributed by atoms with van der Waals surface area (Å²) in [4.78, 5) is 2.32. The van der Waals surface area contributed by atoms with Crippen molar-refractivity contribution in [3.63, 3.8) is 0 Å². The lowest BCUT2D eigenvalue weighted by molar-refractivity contribution is 0.0575. The Morgan fingerprint density at radius 3 is 2.39 bits per heavy atom. The van der Waals surface area contributed by atoms with Crippen LogP contribution < -0.4 is 5.73 Å². The summed E-state index contributed by atoms with van der Waals surface area (Å²) in [6, 6.07) is 0.172. The lowest BCUT2D eigenvalue weighted by Crippen LogP contribution is -2.57. The van der Waals surface area contributed by atoms with E-state index in [2.05, 4.69) is 18.9 Å². The molecule has 106 valence electrons. The summed E-state index contributed by atoms with van der Waals surface area (Å²) in [5, 5.41) is 0. The highest BCUT2D eigenvalue weighted by Crippen LogP contribution is 2.46. The van der Waals surface area contributed by atoms with Gasteiger partial charge in [0.2, 0.25) is 0 Å². The molecule has 1 aliphatic carbocycles. The highest BCUT2D eigenvalue weighted by molar-refractivity contribution is 7.91. The maximum atomic E-state index is 11.6. The van der Waals surface area contributed by atoms with Gasteiger partial charge in [0.25, 0.3) is 0 Å². The van der Waals surface area contributed by atoms with Crippen LogP contribution in [0.15, 0.2) is 0 Å². The second kappa shape index (κ2) is 5.10.